The van der Waals surface area contributed by atoms with E-state index in [4.69, 9.17) is 0 Å². The highest BCUT2D eigenvalue weighted by molar-refractivity contribution is 5.73. The summed E-state index contributed by atoms with van der Waals surface area (Å²) in [7, 11) is 1.92. The molecule has 0 aliphatic carbocycles. The number of piperazine rings is 1. The summed E-state index contributed by atoms with van der Waals surface area (Å²) in [6.07, 6.45) is -4.32. The molecular weight excluding hydrogens is 269 g/mol. The minimum atomic E-state index is -4.32. The lowest BCUT2D eigenvalue weighted by Crippen LogP contribution is -2.48. The molecule has 1 atom stereocenters. The molecule has 1 aliphatic heterocycles. The van der Waals surface area contributed by atoms with Gasteiger partial charge in [0.1, 0.15) is 0 Å². The summed E-state index contributed by atoms with van der Waals surface area (Å²) in [5.41, 5.74) is 0.148. The van der Waals surface area contributed by atoms with E-state index in [0.29, 0.717) is 19.6 Å². The molecule has 0 N–H and O–H groups in total. The van der Waals surface area contributed by atoms with E-state index in [1.165, 1.54) is 19.1 Å². The van der Waals surface area contributed by atoms with Gasteiger partial charge in [0.15, 0.2) is 0 Å². The first-order valence-electron chi connectivity index (χ1n) is 6.42. The lowest BCUT2D eigenvalue weighted by Gasteiger charge is -2.39. The highest BCUT2D eigenvalue weighted by atomic mass is 19.4. The van der Waals surface area contributed by atoms with Crippen molar-refractivity contribution < 1.29 is 18.0 Å². The van der Waals surface area contributed by atoms with Crippen molar-refractivity contribution in [2.75, 3.05) is 26.7 Å². The molecule has 0 bridgehead atoms. The Balaban J connectivity index is 2.19. The van der Waals surface area contributed by atoms with Crippen LogP contribution in [0, 0.1) is 0 Å². The molecular formula is C14H17F3N2O. The summed E-state index contributed by atoms with van der Waals surface area (Å²) < 4.78 is 37.6. The fourth-order valence-electron chi connectivity index (χ4n) is 2.41. The number of amides is 1. The van der Waals surface area contributed by atoms with Gasteiger partial charge in [0.05, 0.1) is 11.6 Å². The molecule has 0 unspecified atom stereocenters. The smallest absolute Gasteiger partial charge is 0.340 e. The first-order valence-corrected chi connectivity index (χ1v) is 6.42. The molecule has 1 saturated heterocycles. The lowest BCUT2D eigenvalue weighted by molar-refractivity contribution is -0.137. The molecule has 1 aromatic rings. The van der Waals surface area contributed by atoms with Crippen LogP contribution in [0.15, 0.2) is 24.3 Å². The number of alkyl halides is 3. The molecule has 1 aromatic carbocycles. The van der Waals surface area contributed by atoms with E-state index in [1.54, 1.807) is 4.90 Å². The van der Waals surface area contributed by atoms with Crippen LogP contribution in [0.4, 0.5) is 13.2 Å². The number of nitrogens with zero attached hydrogens (tertiary/aromatic N) is 2. The van der Waals surface area contributed by atoms with Crippen molar-refractivity contribution in [3.63, 3.8) is 0 Å². The van der Waals surface area contributed by atoms with E-state index in [-0.39, 0.29) is 11.9 Å². The van der Waals surface area contributed by atoms with Crippen molar-refractivity contribution in [3.05, 3.63) is 35.4 Å². The van der Waals surface area contributed by atoms with E-state index in [0.717, 1.165) is 17.7 Å². The maximum atomic E-state index is 12.5. The zero-order valence-electron chi connectivity index (χ0n) is 11.4. The number of hydrogen-bond donors (Lipinski definition) is 0. The normalized spacial score (nSPS) is 21.1. The number of rotatable bonds is 1. The van der Waals surface area contributed by atoms with Gasteiger partial charge in [-0.2, -0.15) is 13.2 Å². The molecule has 2 rings (SSSR count). The Labute approximate surface area is 116 Å². The van der Waals surface area contributed by atoms with Crippen molar-refractivity contribution >= 4 is 5.91 Å². The lowest BCUT2D eigenvalue weighted by atomic mass is 10.0. The first-order chi connectivity index (χ1) is 9.29. The highest BCUT2D eigenvalue weighted by Gasteiger charge is 2.31. The molecule has 0 radical (unpaired) electrons. The summed E-state index contributed by atoms with van der Waals surface area (Å²) in [6, 6.07) is 5.11. The van der Waals surface area contributed by atoms with Crippen LogP contribution < -0.4 is 0 Å². The summed E-state index contributed by atoms with van der Waals surface area (Å²) in [5.74, 6) is -0.00462. The van der Waals surface area contributed by atoms with Gasteiger partial charge in [0.2, 0.25) is 5.91 Å². The highest BCUT2D eigenvalue weighted by Crippen LogP contribution is 2.31. The van der Waals surface area contributed by atoms with Crippen LogP contribution in [-0.4, -0.2) is 42.4 Å². The van der Waals surface area contributed by atoms with Crippen LogP contribution in [0.5, 0.6) is 0 Å². The van der Waals surface area contributed by atoms with Gasteiger partial charge >= 0.3 is 6.18 Å². The monoisotopic (exact) mass is 286 g/mol. The molecule has 110 valence electrons. The number of benzene rings is 1. The third kappa shape index (κ3) is 3.12. The predicted octanol–water partition coefficient (Wildman–Crippen LogP) is 2.54. The van der Waals surface area contributed by atoms with Crippen molar-refractivity contribution in [1.29, 1.82) is 0 Å². The number of carbonyl (C=O) groups excluding carboxylic acids is 1. The molecule has 0 aromatic heterocycles. The second kappa shape index (κ2) is 5.44. The van der Waals surface area contributed by atoms with Crippen molar-refractivity contribution in [2.45, 2.75) is 19.1 Å². The third-order valence-corrected chi connectivity index (χ3v) is 3.72. The van der Waals surface area contributed by atoms with Crippen LogP contribution in [0.25, 0.3) is 0 Å². The fourth-order valence-corrected chi connectivity index (χ4v) is 2.41. The van der Waals surface area contributed by atoms with Crippen LogP contribution in [0.3, 0.4) is 0 Å². The third-order valence-electron chi connectivity index (χ3n) is 3.72. The Hall–Kier alpha value is -1.56. The topological polar surface area (TPSA) is 23.6 Å². The number of likely N-dealkylation sites (N-methyl/N-ethyl adjacent to an activating group) is 1. The molecule has 6 heteroatoms. The summed E-state index contributed by atoms with van der Waals surface area (Å²) in [6.45, 7) is 3.39. The van der Waals surface area contributed by atoms with Crippen LogP contribution in [0.1, 0.15) is 24.1 Å². The van der Waals surface area contributed by atoms with Crippen LogP contribution in [-0.2, 0) is 11.0 Å². The minimum absolute atomic E-state index is 0.00462. The Kier molecular flexibility index (Phi) is 4.04. The zero-order valence-corrected chi connectivity index (χ0v) is 11.4. The van der Waals surface area contributed by atoms with E-state index >= 15 is 0 Å². The van der Waals surface area contributed by atoms with Crippen LogP contribution in [0.2, 0.25) is 0 Å². The van der Waals surface area contributed by atoms with E-state index in [9.17, 15) is 18.0 Å². The zero-order chi connectivity index (χ0) is 14.9. The number of hydrogen-bond acceptors (Lipinski definition) is 2. The van der Waals surface area contributed by atoms with Gasteiger partial charge in [0, 0.05) is 26.6 Å². The molecule has 1 amide bonds. The van der Waals surface area contributed by atoms with Crippen molar-refractivity contribution in [1.82, 2.24) is 9.80 Å². The van der Waals surface area contributed by atoms with Gasteiger partial charge in [0.25, 0.3) is 0 Å². The summed E-state index contributed by atoms with van der Waals surface area (Å²) in [4.78, 5) is 15.2. The Morgan fingerprint density at radius 3 is 2.30 bits per heavy atom. The van der Waals surface area contributed by atoms with Crippen LogP contribution >= 0.6 is 0 Å². The van der Waals surface area contributed by atoms with E-state index < -0.39 is 11.7 Å². The second-order valence-electron chi connectivity index (χ2n) is 5.08. The molecule has 0 spiro atoms. The number of halogens is 3. The largest absolute Gasteiger partial charge is 0.416 e. The van der Waals surface area contributed by atoms with Gasteiger partial charge in [-0.05, 0) is 24.7 Å². The van der Waals surface area contributed by atoms with E-state index in [1.807, 2.05) is 7.05 Å². The van der Waals surface area contributed by atoms with Gasteiger partial charge < -0.3 is 4.90 Å². The molecule has 20 heavy (non-hydrogen) atoms. The minimum Gasteiger partial charge on any atom is -0.340 e. The standard InChI is InChI=1S/C14H17F3N2O/c1-10(20)19-8-7-18(2)13(9-19)11-3-5-12(6-4-11)14(15,16)17/h3-6,13H,7-9H2,1-2H3/t13-/m1/s1. The van der Waals surface area contributed by atoms with Gasteiger partial charge in [-0.1, -0.05) is 12.1 Å². The number of carbonyl (C=O) groups is 1. The van der Waals surface area contributed by atoms with Gasteiger partial charge in [-0.15, -0.1) is 0 Å². The van der Waals surface area contributed by atoms with E-state index in [2.05, 4.69) is 4.90 Å². The predicted molar refractivity (Wildman–Crippen MR) is 69.1 cm³/mol. The molecule has 1 fully saturated rings. The Morgan fingerprint density at radius 1 is 1.20 bits per heavy atom. The Bertz CT molecular complexity index is 484. The quantitative estimate of drug-likeness (QED) is 0.792. The second-order valence-corrected chi connectivity index (χ2v) is 5.08. The maximum absolute atomic E-state index is 12.5. The van der Waals surface area contributed by atoms with Crippen molar-refractivity contribution in [2.24, 2.45) is 0 Å². The Morgan fingerprint density at radius 2 is 1.80 bits per heavy atom. The molecule has 3 nitrogen and oxygen atoms in total. The first kappa shape index (κ1) is 14.8. The van der Waals surface area contributed by atoms with Crippen molar-refractivity contribution in [3.8, 4) is 0 Å². The average molecular weight is 286 g/mol. The maximum Gasteiger partial charge on any atom is 0.416 e. The molecule has 0 saturated carbocycles. The fraction of sp³-hybridized carbons (Fsp3) is 0.500. The van der Waals surface area contributed by atoms with Gasteiger partial charge in [-0.25, -0.2) is 0 Å². The summed E-state index contributed by atoms with van der Waals surface area (Å²) >= 11 is 0. The average Bonchev–Trinajstić information content (AvgIpc) is 2.38. The summed E-state index contributed by atoms with van der Waals surface area (Å²) in [5, 5.41) is 0. The van der Waals surface area contributed by atoms with Gasteiger partial charge in [-0.3, -0.25) is 9.69 Å². The SMILES string of the molecule is CC(=O)N1CCN(C)[C@@H](c2ccc(C(F)(F)F)cc2)C1. The molecule has 1 aliphatic rings. The molecule has 1 heterocycles.